The van der Waals surface area contributed by atoms with Gasteiger partial charge in [0.05, 0.1) is 4.88 Å². The molecule has 0 spiro atoms. The summed E-state index contributed by atoms with van der Waals surface area (Å²) in [7, 11) is 1.90. The number of fused-ring (bicyclic) bond motifs is 2. The fourth-order valence-corrected chi connectivity index (χ4v) is 5.08. The number of hydrogen-bond acceptors (Lipinski definition) is 4. The lowest BCUT2D eigenvalue weighted by atomic mass is 10.0. The van der Waals surface area contributed by atoms with Gasteiger partial charge in [-0.15, -0.1) is 11.3 Å². The van der Waals surface area contributed by atoms with Crippen molar-refractivity contribution in [1.82, 2.24) is 19.7 Å². The molecule has 0 radical (unpaired) electrons. The third-order valence-corrected chi connectivity index (χ3v) is 6.58. The van der Waals surface area contributed by atoms with Crippen LogP contribution in [0.5, 0.6) is 0 Å². The van der Waals surface area contributed by atoms with E-state index in [9.17, 15) is 4.79 Å². The summed E-state index contributed by atoms with van der Waals surface area (Å²) in [5, 5.41) is 6.53. The highest BCUT2D eigenvalue weighted by Gasteiger charge is 2.23. The van der Waals surface area contributed by atoms with Crippen molar-refractivity contribution in [3.8, 4) is 11.1 Å². The zero-order chi connectivity index (χ0) is 18.5. The summed E-state index contributed by atoms with van der Waals surface area (Å²) in [6.45, 7) is 3.83. The van der Waals surface area contributed by atoms with Gasteiger partial charge in [0, 0.05) is 48.2 Å². The minimum absolute atomic E-state index is 0.186. The Morgan fingerprint density at radius 1 is 1.15 bits per heavy atom. The van der Waals surface area contributed by atoms with Crippen LogP contribution in [0.3, 0.4) is 0 Å². The van der Waals surface area contributed by atoms with E-state index < -0.39 is 0 Å². The van der Waals surface area contributed by atoms with Crippen molar-refractivity contribution in [3.63, 3.8) is 0 Å². The number of aromatic nitrogens is 3. The molecule has 27 heavy (non-hydrogen) atoms. The Bertz CT molecular complexity index is 1180. The van der Waals surface area contributed by atoms with Gasteiger partial charge < -0.3 is 4.90 Å². The summed E-state index contributed by atoms with van der Waals surface area (Å²) in [6, 6.07) is 8.54. The Balaban J connectivity index is 1.57. The maximum atomic E-state index is 12.9. The highest BCUT2D eigenvalue weighted by molar-refractivity contribution is 7.21. The first-order valence-electron chi connectivity index (χ1n) is 9.22. The normalized spacial score (nSPS) is 14.5. The number of nitrogens with zero attached hydrogens (tertiary/aromatic N) is 4. The molecule has 0 N–H and O–H groups in total. The predicted octanol–water partition coefficient (Wildman–Crippen LogP) is 4.39. The molecule has 6 heteroatoms. The van der Waals surface area contributed by atoms with Crippen LogP contribution < -0.4 is 0 Å². The summed E-state index contributed by atoms with van der Waals surface area (Å²) >= 11 is 1.61. The molecule has 5 rings (SSSR count). The van der Waals surface area contributed by atoms with Gasteiger partial charge >= 0.3 is 0 Å². The molecular formula is C21H20N4OS. The maximum absolute atomic E-state index is 12.9. The highest BCUT2D eigenvalue weighted by Crippen LogP contribution is 2.35. The van der Waals surface area contributed by atoms with Crippen LogP contribution in [-0.4, -0.2) is 38.7 Å². The smallest absolute Gasteiger partial charge is 0.264 e. The summed E-state index contributed by atoms with van der Waals surface area (Å²) < 4.78 is 2.93. The van der Waals surface area contributed by atoms with Crippen LogP contribution in [0, 0.1) is 6.92 Å². The molecule has 1 aliphatic heterocycles. The molecule has 3 aromatic heterocycles. The first-order chi connectivity index (χ1) is 13.1. The van der Waals surface area contributed by atoms with E-state index in [0.29, 0.717) is 0 Å². The molecule has 1 aromatic carbocycles. The van der Waals surface area contributed by atoms with Gasteiger partial charge in [-0.25, -0.2) is 4.98 Å². The zero-order valence-electron chi connectivity index (χ0n) is 15.4. The minimum atomic E-state index is 0.186. The largest absolute Gasteiger partial charge is 0.338 e. The van der Waals surface area contributed by atoms with Crippen LogP contribution in [0.15, 0.2) is 36.7 Å². The molecule has 4 heterocycles. The lowest BCUT2D eigenvalue weighted by Gasteiger charge is -2.14. The van der Waals surface area contributed by atoms with E-state index in [2.05, 4.69) is 41.3 Å². The Morgan fingerprint density at radius 3 is 2.78 bits per heavy atom. The SMILES string of the molecule is Cc1c(C(=O)N2CCCC2)sc2cc(-c3cnc4nn(C)cc4c3)ccc12. The van der Waals surface area contributed by atoms with Crippen LogP contribution in [0.2, 0.25) is 0 Å². The molecule has 1 amide bonds. The number of amides is 1. The van der Waals surface area contributed by atoms with Crippen molar-refractivity contribution in [1.29, 1.82) is 0 Å². The molecule has 136 valence electrons. The van der Waals surface area contributed by atoms with Crippen LogP contribution in [-0.2, 0) is 7.05 Å². The van der Waals surface area contributed by atoms with Crippen molar-refractivity contribution < 1.29 is 4.79 Å². The Labute approximate surface area is 161 Å². The van der Waals surface area contributed by atoms with Gasteiger partial charge in [0.25, 0.3) is 5.91 Å². The number of pyridine rings is 1. The first kappa shape index (κ1) is 16.4. The van der Waals surface area contributed by atoms with Gasteiger partial charge in [-0.2, -0.15) is 5.10 Å². The lowest BCUT2D eigenvalue weighted by Crippen LogP contribution is -2.27. The summed E-state index contributed by atoms with van der Waals surface area (Å²) in [5.74, 6) is 0.186. The number of aryl methyl sites for hydroxylation is 2. The van der Waals surface area contributed by atoms with Crippen LogP contribution in [0.4, 0.5) is 0 Å². The highest BCUT2D eigenvalue weighted by atomic mass is 32.1. The fraction of sp³-hybridized carbons (Fsp3) is 0.286. The molecule has 0 aliphatic carbocycles. The van der Waals surface area contributed by atoms with E-state index in [4.69, 9.17) is 0 Å². The molecule has 4 aromatic rings. The Kier molecular flexibility index (Phi) is 3.75. The third kappa shape index (κ3) is 2.72. The molecule has 0 unspecified atom stereocenters. The zero-order valence-corrected chi connectivity index (χ0v) is 16.2. The van der Waals surface area contributed by atoms with Gasteiger partial charge in [0.2, 0.25) is 0 Å². The number of hydrogen-bond donors (Lipinski definition) is 0. The van der Waals surface area contributed by atoms with Gasteiger partial charge in [-0.3, -0.25) is 9.48 Å². The summed E-state index contributed by atoms with van der Waals surface area (Å²) in [5.41, 5.74) is 4.03. The molecule has 1 fully saturated rings. The molecule has 0 saturated carbocycles. The third-order valence-electron chi connectivity index (χ3n) is 5.33. The van der Waals surface area contributed by atoms with Crippen molar-refractivity contribution >= 4 is 38.4 Å². The number of carbonyl (C=O) groups excluding carboxylic acids is 1. The standard InChI is InChI=1S/C21H20N4OS/c1-13-17-6-5-14(15-9-16-12-24(2)23-20(16)22-11-15)10-18(17)27-19(13)21(26)25-7-3-4-8-25/h5-6,9-12H,3-4,7-8H2,1-2H3. The van der Waals surface area contributed by atoms with Crippen molar-refractivity contribution in [3.05, 3.63) is 47.1 Å². The van der Waals surface area contributed by atoms with Crippen LogP contribution >= 0.6 is 11.3 Å². The topological polar surface area (TPSA) is 51.0 Å². The molecule has 1 saturated heterocycles. The van der Waals surface area contributed by atoms with E-state index in [1.165, 1.54) is 5.39 Å². The van der Waals surface area contributed by atoms with E-state index in [-0.39, 0.29) is 5.91 Å². The van der Waals surface area contributed by atoms with Gasteiger partial charge in [-0.1, -0.05) is 12.1 Å². The lowest BCUT2D eigenvalue weighted by molar-refractivity contribution is 0.0797. The second-order valence-corrected chi connectivity index (χ2v) is 8.26. The van der Waals surface area contributed by atoms with Crippen molar-refractivity contribution in [2.24, 2.45) is 7.05 Å². The minimum Gasteiger partial charge on any atom is -0.338 e. The number of likely N-dealkylation sites (tertiary alicyclic amines) is 1. The predicted molar refractivity (Wildman–Crippen MR) is 109 cm³/mol. The van der Waals surface area contributed by atoms with Crippen molar-refractivity contribution in [2.75, 3.05) is 13.1 Å². The average Bonchev–Trinajstić information content (AvgIpc) is 3.38. The molecule has 5 nitrogen and oxygen atoms in total. The number of rotatable bonds is 2. The van der Waals surface area contributed by atoms with E-state index >= 15 is 0 Å². The molecule has 1 aliphatic rings. The number of thiophene rings is 1. The molecule has 0 bridgehead atoms. The van der Waals surface area contributed by atoms with Crippen LogP contribution in [0.1, 0.15) is 28.1 Å². The van der Waals surface area contributed by atoms with Gasteiger partial charge in [-0.05, 0) is 48.4 Å². The average molecular weight is 376 g/mol. The van der Waals surface area contributed by atoms with E-state index in [0.717, 1.165) is 63.2 Å². The van der Waals surface area contributed by atoms with Crippen molar-refractivity contribution in [2.45, 2.75) is 19.8 Å². The number of benzene rings is 1. The van der Waals surface area contributed by atoms with E-state index in [1.54, 1.807) is 16.0 Å². The van der Waals surface area contributed by atoms with Crippen LogP contribution in [0.25, 0.3) is 32.2 Å². The fourth-order valence-electron chi connectivity index (χ4n) is 3.86. The van der Waals surface area contributed by atoms with Gasteiger partial charge in [0.1, 0.15) is 0 Å². The summed E-state index contributed by atoms with van der Waals surface area (Å²) in [6.07, 6.45) is 6.08. The molecular weight excluding hydrogens is 356 g/mol. The molecule has 0 atom stereocenters. The Hall–Kier alpha value is -2.73. The Morgan fingerprint density at radius 2 is 1.96 bits per heavy atom. The quantitative estimate of drug-likeness (QED) is 0.521. The summed E-state index contributed by atoms with van der Waals surface area (Å²) in [4.78, 5) is 20.2. The van der Waals surface area contributed by atoms with Gasteiger partial charge in [0.15, 0.2) is 5.65 Å². The second kappa shape index (κ2) is 6.16. The first-order valence-corrected chi connectivity index (χ1v) is 10.0. The monoisotopic (exact) mass is 376 g/mol. The maximum Gasteiger partial charge on any atom is 0.264 e. The second-order valence-electron chi connectivity index (χ2n) is 7.21. The van der Waals surface area contributed by atoms with E-state index in [1.807, 2.05) is 24.3 Å². The number of carbonyl (C=O) groups is 1.